The number of fused-ring (bicyclic) bond motifs is 8. The smallest absolute Gasteiger partial charge is 0.164 e. The van der Waals surface area contributed by atoms with Crippen LogP contribution >= 0.6 is 11.3 Å². The van der Waals surface area contributed by atoms with Crippen molar-refractivity contribution in [3.8, 4) is 45.3 Å². The Balaban J connectivity index is 1.16. The van der Waals surface area contributed by atoms with E-state index in [0.29, 0.717) is 17.5 Å². The summed E-state index contributed by atoms with van der Waals surface area (Å²) in [5.41, 5.74) is 9.15. The molecule has 2 heterocycles. The molecule has 0 spiro atoms. The Bertz CT molecular complexity index is 3060. The van der Waals surface area contributed by atoms with Crippen molar-refractivity contribution in [2.75, 3.05) is 0 Å². The first-order valence-corrected chi connectivity index (χ1v) is 18.8. The topological polar surface area (TPSA) is 38.7 Å². The van der Waals surface area contributed by atoms with E-state index in [1.165, 1.54) is 53.4 Å². The molecule has 0 unspecified atom stereocenters. The highest BCUT2D eigenvalue weighted by molar-refractivity contribution is 7.25. The van der Waals surface area contributed by atoms with E-state index in [1.54, 1.807) is 0 Å². The van der Waals surface area contributed by atoms with Crippen molar-refractivity contribution < 1.29 is 0 Å². The van der Waals surface area contributed by atoms with Crippen molar-refractivity contribution >= 4 is 53.1 Å². The molecule has 11 rings (SSSR count). The average Bonchev–Trinajstić information content (AvgIpc) is 3.74. The molecule has 248 valence electrons. The molecule has 3 nitrogen and oxygen atoms in total. The molecule has 0 aliphatic heterocycles. The standard InChI is InChI=1S/C49H31N3S/c1-49(41-20-7-4-15-35(41)36-16-5-8-21-42(36)49)34-27-26-31-14-10-18-37(40(31)29-34)47-50-46(33-25-24-30-12-2-3-13-32(30)28-33)51-48(52-47)39-19-11-23-44-45(39)38-17-6-9-22-43(38)53-44/h2-29H,1H3. The van der Waals surface area contributed by atoms with E-state index in [-0.39, 0.29) is 5.41 Å². The molecule has 0 amide bonds. The van der Waals surface area contributed by atoms with Gasteiger partial charge in [0.05, 0.1) is 0 Å². The largest absolute Gasteiger partial charge is 0.208 e. The van der Waals surface area contributed by atoms with Crippen molar-refractivity contribution in [2.24, 2.45) is 0 Å². The van der Waals surface area contributed by atoms with Gasteiger partial charge >= 0.3 is 0 Å². The number of rotatable bonds is 4. The number of hydrogen-bond acceptors (Lipinski definition) is 4. The molecule has 1 aliphatic carbocycles. The summed E-state index contributed by atoms with van der Waals surface area (Å²) in [4.78, 5) is 15.9. The Morgan fingerprint density at radius 2 is 1.00 bits per heavy atom. The Labute approximate surface area is 310 Å². The van der Waals surface area contributed by atoms with Crippen LogP contribution in [0.15, 0.2) is 170 Å². The molecule has 0 bridgehead atoms. The normalized spacial score (nSPS) is 13.2. The lowest BCUT2D eigenvalue weighted by Crippen LogP contribution is -2.22. The van der Waals surface area contributed by atoms with Crippen LogP contribution in [0.2, 0.25) is 0 Å². The fourth-order valence-electron chi connectivity index (χ4n) is 8.58. The first kappa shape index (κ1) is 30.2. The fourth-order valence-corrected chi connectivity index (χ4v) is 9.71. The summed E-state index contributed by atoms with van der Waals surface area (Å²) in [5, 5.41) is 7.01. The second-order valence-electron chi connectivity index (χ2n) is 14.1. The van der Waals surface area contributed by atoms with E-state index in [4.69, 9.17) is 15.0 Å². The minimum Gasteiger partial charge on any atom is -0.208 e. The van der Waals surface area contributed by atoms with Gasteiger partial charge in [0.1, 0.15) is 0 Å². The maximum absolute atomic E-state index is 5.35. The third-order valence-electron chi connectivity index (χ3n) is 11.2. The molecule has 0 saturated heterocycles. The zero-order chi connectivity index (χ0) is 35.1. The van der Waals surface area contributed by atoms with Crippen molar-refractivity contribution in [2.45, 2.75) is 12.3 Å². The highest BCUT2D eigenvalue weighted by Gasteiger charge is 2.40. The van der Waals surface area contributed by atoms with E-state index in [2.05, 4.69) is 177 Å². The van der Waals surface area contributed by atoms with Crippen LogP contribution in [-0.4, -0.2) is 15.0 Å². The first-order chi connectivity index (χ1) is 26.1. The van der Waals surface area contributed by atoms with Crippen molar-refractivity contribution in [3.05, 3.63) is 187 Å². The molecule has 0 N–H and O–H groups in total. The van der Waals surface area contributed by atoms with Crippen LogP contribution in [0.4, 0.5) is 0 Å². The lowest BCUT2D eigenvalue weighted by Gasteiger charge is -2.29. The fraction of sp³-hybridized carbons (Fsp3) is 0.0408. The lowest BCUT2D eigenvalue weighted by molar-refractivity contribution is 0.715. The van der Waals surface area contributed by atoms with Gasteiger partial charge in [-0.25, -0.2) is 15.0 Å². The Kier molecular flexibility index (Phi) is 6.55. The molecule has 0 fully saturated rings. The van der Waals surface area contributed by atoms with Crippen molar-refractivity contribution in [1.29, 1.82) is 0 Å². The number of aromatic nitrogens is 3. The van der Waals surface area contributed by atoms with E-state index >= 15 is 0 Å². The first-order valence-electron chi connectivity index (χ1n) is 18.0. The summed E-state index contributed by atoms with van der Waals surface area (Å²) in [5.74, 6) is 1.99. The Hall–Kier alpha value is -6.49. The summed E-state index contributed by atoms with van der Waals surface area (Å²) < 4.78 is 2.47. The second kappa shape index (κ2) is 11.5. The van der Waals surface area contributed by atoms with Gasteiger partial charge in [0.15, 0.2) is 17.5 Å². The van der Waals surface area contributed by atoms with Gasteiger partial charge in [-0.05, 0) is 80.6 Å². The monoisotopic (exact) mass is 693 g/mol. The summed E-state index contributed by atoms with van der Waals surface area (Å²) in [7, 11) is 0. The van der Waals surface area contributed by atoms with Gasteiger partial charge in [-0.15, -0.1) is 11.3 Å². The van der Waals surface area contributed by atoms with Gasteiger partial charge in [-0.2, -0.15) is 0 Å². The predicted molar refractivity (Wildman–Crippen MR) is 221 cm³/mol. The summed E-state index contributed by atoms with van der Waals surface area (Å²) in [6, 6.07) is 61.1. The highest BCUT2D eigenvalue weighted by Crippen LogP contribution is 2.52. The molecular formula is C49H31N3S. The van der Waals surface area contributed by atoms with E-state index < -0.39 is 0 Å². The van der Waals surface area contributed by atoms with Crippen LogP contribution in [0.3, 0.4) is 0 Å². The molecule has 4 heteroatoms. The molecule has 0 saturated carbocycles. The third-order valence-corrected chi connectivity index (χ3v) is 12.3. The Morgan fingerprint density at radius 3 is 1.83 bits per heavy atom. The average molecular weight is 694 g/mol. The quantitative estimate of drug-likeness (QED) is 0.184. The lowest BCUT2D eigenvalue weighted by atomic mass is 9.73. The van der Waals surface area contributed by atoms with Crippen LogP contribution in [0, 0.1) is 0 Å². The maximum atomic E-state index is 5.35. The number of thiophene rings is 1. The van der Waals surface area contributed by atoms with Gasteiger partial charge in [-0.3, -0.25) is 0 Å². The third kappa shape index (κ3) is 4.56. The zero-order valence-electron chi connectivity index (χ0n) is 28.9. The summed E-state index contributed by atoms with van der Waals surface area (Å²) in [6.07, 6.45) is 0. The molecule has 1 aliphatic rings. The molecule has 0 atom stereocenters. The van der Waals surface area contributed by atoms with E-state index in [9.17, 15) is 0 Å². The molecule has 2 aromatic heterocycles. The predicted octanol–water partition coefficient (Wildman–Crippen LogP) is 12.9. The molecular weight excluding hydrogens is 663 g/mol. The summed E-state index contributed by atoms with van der Waals surface area (Å²) >= 11 is 1.81. The van der Waals surface area contributed by atoms with E-state index in [1.807, 2.05) is 11.3 Å². The maximum Gasteiger partial charge on any atom is 0.164 e. The van der Waals surface area contributed by atoms with Gasteiger partial charge in [0, 0.05) is 42.3 Å². The minimum atomic E-state index is -0.315. The van der Waals surface area contributed by atoms with Crippen LogP contribution in [0.1, 0.15) is 23.6 Å². The van der Waals surface area contributed by atoms with Crippen molar-refractivity contribution in [3.63, 3.8) is 0 Å². The number of hydrogen-bond donors (Lipinski definition) is 0. The molecule has 0 radical (unpaired) electrons. The second-order valence-corrected chi connectivity index (χ2v) is 15.2. The van der Waals surface area contributed by atoms with Gasteiger partial charge in [0.25, 0.3) is 0 Å². The van der Waals surface area contributed by atoms with Gasteiger partial charge in [-0.1, -0.05) is 146 Å². The Morgan fingerprint density at radius 1 is 0.415 bits per heavy atom. The van der Waals surface area contributed by atoms with Crippen molar-refractivity contribution in [1.82, 2.24) is 15.0 Å². The van der Waals surface area contributed by atoms with Crippen LogP contribution < -0.4 is 0 Å². The molecule has 8 aromatic carbocycles. The van der Waals surface area contributed by atoms with Crippen LogP contribution in [0.5, 0.6) is 0 Å². The molecule has 53 heavy (non-hydrogen) atoms. The number of nitrogens with zero attached hydrogens (tertiary/aromatic N) is 3. The highest BCUT2D eigenvalue weighted by atomic mass is 32.1. The van der Waals surface area contributed by atoms with E-state index in [0.717, 1.165) is 32.8 Å². The van der Waals surface area contributed by atoms with Crippen LogP contribution in [-0.2, 0) is 5.41 Å². The minimum absolute atomic E-state index is 0.315. The SMILES string of the molecule is CC1(c2ccc3cccc(-c4nc(-c5ccc6ccccc6c5)nc(-c5cccc6sc7ccccc7c56)n4)c3c2)c2ccccc2-c2ccccc21. The van der Waals surface area contributed by atoms with Gasteiger partial charge < -0.3 is 0 Å². The van der Waals surface area contributed by atoms with Gasteiger partial charge in [0.2, 0.25) is 0 Å². The van der Waals surface area contributed by atoms with Crippen LogP contribution in [0.25, 0.3) is 87.0 Å². The number of benzene rings is 8. The zero-order valence-corrected chi connectivity index (χ0v) is 29.7. The summed E-state index contributed by atoms with van der Waals surface area (Å²) in [6.45, 7) is 2.37. The molecule has 10 aromatic rings.